The molecule has 0 atom stereocenters. The van der Waals surface area contributed by atoms with Crippen molar-refractivity contribution in [3.8, 4) is 0 Å². The molecule has 1 radical (unpaired) electrons. The lowest BCUT2D eigenvalue weighted by Crippen LogP contribution is -2.01. The first-order valence-corrected chi connectivity index (χ1v) is 3.02. The van der Waals surface area contributed by atoms with Crippen LogP contribution in [0.3, 0.4) is 0 Å². The van der Waals surface area contributed by atoms with Crippen LogP contribution < -0.4 is 0 Å². The van der Waals surface area contributed by atoms with Crippen molar-refractivity contribution in [2.45, 2.75) is 33.1 Å². The summed E-state index contributed by atoms with van der Waals surface area (Å²) in [5.41, 5.74) is 0.639. The van der Waals surface area contributed by atoms with Crippen LogP contribution in [0.25, 0.3) is 0 Å². The Kier molecular flexibility index (Phi) is 1.10. The zero-order chi connectivity index (χ0) is 5.33. The first-order valence-electron chi connectivity index (χ1n) is 3.02. The van der Waals surface area contributed by atoms with E-state index < -0.39 is 0 Å². The van der Waals surface area contributed by atoms with Crippen LogP contribution in [0.2, 0.25) is 0 Å². The first kappa shape index (κ1) is 5.14. The highest BCUT2D eigenvalue weighted by molar-refractivity contribution is 4.86. The van der Waals surface area contributed by atoms with E-state index >= 15 is 0 Å². The zero-order valence-corrected chi connectivity index (χ0v) is 5.20. The lowest BCUT2D eigenvalue weighted by Gasteiger charge is -2.13. The van der Waals surface area contributed by atoms with Crippen LogP contribution >= 0.6 is 0 Å². The molecule has 1 rings (SSSR count). The van der Waals surface area contributed by atoms with Crippen molar-refractivity contribution in [3.05, 3.63) is 6.42 Å². The maximum absolute atomic E-state index is 2.39. The summed E-state index contributed by atoms with van der Waals surface area (Å²) in [6, 6.07) is 0. The third-order valence-electron chi connectivity index (χ3n) is 1.72. The highest BCUT2D eigenvalue weighted by atomic mass is 14.3. The molecule has 0 aromatic rings. The van der Waals surface area contributed by atoms with Crippen molar-refractivity contribution in [1.29, 1.82) is 0 Å². The molecule has 41 valence electrons. The third-order valence-corrected chi connectivity index (χ3v) is 1.72. The Balaban J connectivity index is 2.40. The number of hydrogen-bond acceptors (Lipinski definition) is 0. The molecule has 0 unspecified atom stereocenters. The third kappa shape index (κ3) is 1.19. The van der Waals surface area contributed by atoms with Gasteiger partial charge in [-0.25, -0.2) is 0 Å². The van der Waals surface area contributed by atoms with E-state index in [-0.39, 0.29) is 0 Å². The number of hydrogen-bond donors (Lipinski definition) is 0. The van der Waals surface area contributed by atoms with Crippen LogP contribution in [0.5, 0.6) is 0 Å². The van der Waals surface area contributed by atoms with E-state index in [9.17, 15) is 0 Å². The Labute approximate surface area is 45.9 Å². The maximum atomic E-state index is 2.39. The highest BCUT2D eigenvalue weighted by Crippen LogP contribution is 2.35. The monoisotopic (exact) mass is 97.1 g/mol. The summed E-state index contributed by atoms with van der Waals surface area (Å²) in [5, 5.41) is 0. The largest absolute Gasteiger partial charge is 0.0599 e. The summed E-state index contributed by atoms with van der Waals surface area (Å²) in [6.45, 7) is 4.66. The lowest BCUT2D eigenvalue weighted by molar-refractivity contribution is 0.389. The standard InChI is InChI=1S/C7H13/c1-7(2)5-3-4-6-7/h3H,4-6H2,1-2H3. The molecule has 1 fully saturated rings. The molecule has 0 N–H and O–H groups in total. The van der Waals surface area contributed by atoms with Crippen molar-refractivity contribution in [2.24, 2.45) is 5.41 Å². The minimum absolute atomic E-state index is 0.639. The Morgan fingerprint density at radius 1 is 1.43 bits per heavy atom. The molecule has 0 aromatic heterocycles. The van der Waals surface area contributed by atoms with Gasteiger partial charge in [0.2, 0.25) is 0 Å². The molecule has 0 aliphatic heterocycles. The van der Waals surface area contributed by atoms with E-state index in [2.05, 4.69) is 20.3 Å². The van der Waals surface area contributed by atoms with Crippen molar-refractivity contribution >= 4 is 0 Å². The molecule has 0 aromatic carbocycles. The Hall–Kier alpha value is 0. The van der Waals surface area contributed by atoms with E-state index in [4.69, 9.17) is 0 Å². The summed E-state index contributed by atoms with van der Waals surface area (Å²) in [7, 11) is 0. The van der Waals surface area contributed by atoms with Gasteiger partial charge in [-0.05, 0) is 31.1 Å². The van der Waals surface area contributed by atoms with Crippen molar-refractivity contribution in [2.75, 3.05) is 0 Å². The SMILES string of the molecule is CC1(C)C[CH]CC1. The Morgan fingerprint density at radius 3 is 2.29 bits per heavy atom. The van der Waals surface area contributed by atoms with Gasteiger partial charge in [-0.1, -0.05) is 13.8 Å². The molecule has 0 nitrogen and oxygen atoms in total. The molecule has 7 heavy (non-hydrogen) atoms. The van der Waals surface area contributed by atoms with Crippen LogP contribution in [0, 0.1) is 11.8 Å². The molecule has 0 spiro atoms. The second kappa shape index (κ2) is 1.50. The van der Waals surface area contributed by atoms with Gasteiger partial charge in [0.25, 0.3) is 0 Å². The summed E-state index contributed by atoms with van der Waals surface area (Å²) in [6.07, 6.45) is 6.45. The van der Waals surface area contributed by atoms with Gasteiger partial charge in [-0.15, -0.1) is 0 Å². The topological polar surface area (TPSA) is 0 Å². The molecule has 1 aliphatic rings. The van der Waals surface area contributed by atoms with Gasteiger partial charge in [0.1, 0.15) is 0 Å². The van der Waals surface area contributed by atoms with Gasteiger partial charge >= 0.3 is 0 Å². The van der Waals surface area contributed by atoms with Crippen LogP contribution in [-0.2, 0) is 0 Å². The minimum atomic E-state index is 0.639. The molecule has 1 aliphatic carbocycles. The van der Waals surface area contributed by atoms with Crippen molar-refractivity contribution in [1.82, 2.24) is 0 Å². The molecular weight excluding hydrogens is 84.1 g/mol. The maximum Gasteiger partial charge on any atom is -0.0351 e. The summed E-state index contributed by atoms with van der Waals surface area (Å²) < 4.78 is 0. The fourth-order valence-corrected chi connectivity index (χ4v) is 1.09. The van der Waals surface area contributed by atoms with Crippen LogP contribution in [0.4, 0.5) is 0 Å². The van der Waals surface area contributed by atoms with E-state index in [1.54, 1.807) is 0 Å². The average Bonchev–Trinajstić information content (AvgIpc) is 1.84. The van der Waals surface area contributed by atoms with Gasteiger partial charge in [-0.2, -0.15) is 0 Å². The molecule has 0 heteroatoms. The molecular formula is C7H13. The smallest absolute Gasteiger partial charge is 0.0351 e. The summed E-state index contributed by atoms with van der Waals surface area (Å²) in [4.78, 5) is 0. The van der Waals surface area contributed by atoms with Gasteiger partial charge < -0.3 is 0 Å². The van der Waals surface area contributed by atoms with Gasteiger partial charge in [0.15, 0.2) is 0 Å². The summed E-state index contributed by atoms with van der Waals surface area (Å²) >= 11 is 0. The van der Waals surface area contributed by atoms with Gasteiger partial charge in [-0.3, -0.25) is 0 Å². The van der Waals surface area contributed by atoms with Gasteiger partial charge in [0, 0.05) is 0 Å². The van der Waals surface area contributed by atoms with Gasteiger partial charge in [0.05, 0.1) is 0 Å². The fraction of sp³-hybridized carbons (Fsp3) is 0.857. The molecule has 0 amide bonds. The van der Waals surface area contributed by atoms with E-state index in [0.29, 0.717) is 5.41 Å². The Bertz CT molecular complexity index is 54.4. The van der Waals surface area contributed by atoms with Crippen molar-refractivity contribution in [3.63, 3.8) is 0 Å². The normalized spacial score (nSPS) is 28.3. The summed E-state index contributed by atoms with van der Waals surface area (Å²) in [5.74, 6) is 0. The average molecular weight is 97.2 g/mol. The molecule has 0 saturated heterocycles. The van der Waals surface area contributed by atoms with E-state index in [1.165, 1.54) is 19.3 Å². The molecule has 0 bridgehead atoms. The quantitative estimate of drug-likeness (QED) is 0.435. The minimum Gasteiger partial charge on any atom is -0.0599 e. The number of rotatable bonds is 0. The predicted octanol–water partition coefficient (Wildman–Crippen LogP) is 2.40. The second-order valence-corrected chi connectivity index (χ2v) is 3.20. The second-order valence-electron chi connectivity index (χ2n) is 3.20. The zero-order valence-electron chi connectivity index (χ0n) is 5.20. The van der Waals surface area contributed by atoms with Crippen LogP contribution in [0.1, 0.15) is 33.1 Å². The van der Waals surface area contributed by atoms with Crippen molar-refractivity contribution < 1.29 is 0 Å². The lowest BCUT2D eigenvalue weighted by atomic mass is 9.92. The fourth-order valence-electron chi connectivity index (χ4n) is 1.09. The predicted molar refractivity (Wildman–Crippen MR) is 31.9 cm³/mol. The first-order chi connectivity index (χ1) is 3.21. The molecule has 0 heterocycles. The highest BCUT2D eigenvalue weighted by Gasteiger charge is 2.22. The molecule has 1 saturated carbocycles. The van der Waals surface area contributed by atoms with E-state index in [1.807, 2.05) is 0 Å². The van der Waals surface area contributed by atoms with E-state index in [0.717, 1.165) is 0 Å². The Morgan fingerprint density at radius 2 is 2.14 bits per heavy atom. The van der Waals surface area contributed by atoms with Crippen LogP contribution in [-0.4, -0.2) is 0 Å². The van der Waals surface area contributed by atoms with Crippen LogP contribution in [0.15, 0.2) is 0 Å².